The van der Waals surface area contributed by atoms with Crippen LogP contribution in [0.5, 0.6) is 11.5 Å². The number of hydrogen-bond acceptors (Lipinski definition) is 7. The number of carbonyl (C=O) groups excluding carboxylic acids is 2. The van der Waals surface area contributed by atoms with Crippen molar-refractivity contribution in [3.63, 3.8) is 0 Å². The molecule has 0 heterocycles. The molecule has 0 atom stereocenters. The van der Waals surface area contributed by atoms with Crippen LogP contribution in [0.4, 0.5) is 5.69 Å². The van der Waals surface area contributed by atoms with Crippen LogP contribution in [0.15, 0.2) is 128 Å². The second kappa shape index (κ2) is 15.2. The number of esters is 2. The lowest BCUT2D eigenvalue weighted by Crippen LogP contribution is -2.29. The van der Waals surface area contributed by atoms with E-state index < -0.39 is 17.4 Å². The molecule has 50 heavy (non-hydrogen) atoms. The average Bonchev–Trinajstić information content (AvgIpc) is 3.44. The van der Waals surface area contributed by atoms with Crippen molar-refractivity contribution in [2.75, 3.05) is 44.4 Å². The number of carbonyl (C=O) groups is 2. The Kier molecular flexibility index (Phi) is 10.3. The van der Waals surface area contributed by atoms with Crippen molar-refractivity contribution >= 4 is 28.4 Å². The van der Waals surface area contributed by atoms with Gasteiger partial charge in [0.15, 0.2) is 0 Å². The third-order valence-corrected chi connectivity index (χ3v) is 9.22. The summed E-state index contributed by atoms with van der Waals surface area (Å²) in [5.41, 5.74) is 7.43. The lowest BCUT2D eigenvalue weighted by molar-refractivity contribution is -0.139. The zero-order chi connectivity index (χ0) is 35.1. The Balaban J connectivity index is 1.49. The van der Waals surface area contributed by atoms with Crippen LogP contribution in [0.3, 0.4) is 0 Å². The van der Waals surface area contributed by atoms with Crippen molar-refractivity contribution in [3.05, 3.63) is 151 Å². The summed E-state index contributed by atoms with van der Waals surface area (Å²) in [7, 11) is 0. The van der Waals surface area contributed by atoms with Crippen LogP contribution in [0.1, 0.15) is 36.1 Å². The van der Waals surface area contributed by atoms with E-state index in [0.717, 1.165) is 41.8 Å². The Hall–Kier alpha value is -5.82. The van der Waals surface area contributed by atoms with Crippen LogP contribution in [0, 0.1) is 0 Å². The molecule has 5 aromatic rings. The normalized spacial score (nSPS) is 12.4. The highest BCUT2D eigenvalue weighted by Gasteiger charge is 2.46. The number of ether oxygens (including phenoxy) is 4. The predicted molar refractivity (Wildman–Crippen MR) is 198 cm³/mol. The van der Waals surface area contributed by atoms with E-state index in [1.54, 1.807) is 0 Å². The van der Waals surface area contributed by atoms with Gasteiger partial charge in [-0.15, -0.1) is 0 Å². The van der Waals surface area contributed by atoms with Gasteiger partial charge in [-0.1, -0.05) is 67.8 Å². The van der Waals surface area contributed by atoms with Crippen LogP contribution in [0.2, 0.25) is 0 Å². The first-order valence-electron chi connectivity index (χ1n) is 16.9. The number of fused-ring (bicyclic) bond motifs is 4. The summed E-state index contributed by atoms with van der Waals surface area (Å²) in [5, 5.41) is 2.35. The number of nitrogens with zero attached hydrogens (tertiary/aromatic N) is 1. The van der Waals surface area contributed by atoms with Gasteiger partial charge in [0.1, 0.15) is 37.9 Å². The number of hydrogen-bond donors (Lipinski definition) is 0. The molecule has 1 aliphatic carbocycles. The molecule has 0 unspecified atom stereocenters. The van der Waals surface area contributed by atoms with Crippen LogP contribution in [0.25, 0.3) is 21.9 Å². The first-order chi connectivity index (χ1) is 24.4. The quantitative estimate of drug-likeness (QED) is 0.0620. The Morgan fingerprint density at radius 1 is 0.620 bits per heavy atom. The SMILES string of the molecule is C=CC(=O)OCCOc1ccc(C2(c3ccc(OCCOC(=O)C=C)cc3)c3cc(N(CC)CC)ccc3-c3cc4ccccc4cc32)cc1. The van der Waals surface area contributed by atoms with Crippen molar-refractivity contribution in [1.82, 2.24) is 0 Å². The largest absolute Gasteiger partial charge is 0.490 e. The molecule has 7 heteroatoms. The zero-order valence-electron chi connectivity index (χ0n) is 28.5. The summed E-state index contributed by atoms with van der Waals surface area (Å²) >= 11 is 0. The summed E-state index contributed by atoms with van der Waals surface area (Å²) in [4.78, 5) is 25.3. The van der Waals surface area contributed by atoms with E-state index in [9.17, 15) is 9.59 Å². The van der Waals surface area contributed by atoms with Gasteiger partial charge < -0.3 is 23.8 Å². The lowest BCUT2D eigenvalue weighted by Gasteiger charge is -2.35. The summed E-state index contributed by atoms with van der Waals surface area (Å²) < 4.78 is 22.1. The molecule has 0 saturated carbocycles. The predicted octanol–water partition coefficient (Wildman–Crippen LogP) is 8.27. The number of benzene rings is 5. The fourth-order valence-corrected chi connectivity index (χ4v) is 6.89. The van der Waals surface area contributed by atoms with E-state index in [-0.39, 0.29) is 26.4 Å². The van der Waals surface area contributed by atoms with E-state index in [1.165, 1.54) is 33.3 Å². The topological polar surface area (TPSA) is 74.3 Å². The molecule has 6 rings (SSSR count). The molecule has 0 spiro atoms. The van der Waals surface area contributed by atoms with E-state index >= 15 is 0 Å². The summed E-state index contributed by atoms with van der Waals surface area (Å²) in [6, 6.07) is 36.4. The van der Waals surface area contributed by atoms with Gasteiger partial charge in [0.2, 0.25) is 0 Å². The van der Waals surface area contributed by atoms with E-state index in [4.69, 9.17) is 18.9 Å². The molecular weight excluding hydrogens is 626 g/mol. The molecule has 254 valence electrons. The molecule has 7 nitrogen and oxygen atoms in total. The minimum atomic E-state index is -0.673. The van der Waals surface area contributed by atoms with Crippen LogP contribution in [-0.2, 0) is 24.5 Å². The molecule has 0 saturated heterocycles. The Morgan fingerprint density at radius 3 is 1.62 bits per heavy atom. The smallest absolute Gasteiger partial charge is 0.330 e. The van der Waals surface area contributed by atoms with Crippen molar-refractivity contribution in [3.8, 4) is 22.6 Å². The van der Waals surface area contributed by atoms with Crippen molar-refractivity contribution in [2.24, 2.45) is 0 Å². The summed E-state index contributed by atoms with van der Waals surface area (Å²) in [6.07, 6.45) is 2.28. The molecule has 1 aliphatic rings. The lowest BCUT2D eigenvalue weighted by atomic mass is 9.67. The van der Waals surface area contributed by atoms with Gasteiger partial charge in [-0.2, -0.15) is 0 Å². The molecule has 0 bridgehead atoms. The van der Waals surface area contributed by atoms with Gasteiger partial charge in [0.25, 0.3) is 0 Å². The third kappa shape index (κ3) is 6.59. The van der Waals surface area contributed by atoms with E-state index in [1.807, 2.05) is 24.3 Å². The summed E-state index contributed by atoms with van der Waals surface area (Å²) in [5.74, 6) is 0.392. The maximum atomic E-state index is 11.5. The zero-order valence-corrected chi connectivity index (χ0v) is 28.5. The molecule has 0 amide bonds. The van der Waals surface area contributed by atoms with Crippen molar-refractivity contribution in [1.29, 1.82) is 0 Å². The highest BCUT2D eigenvalue weighted by atomic mass is 16.6. The van der Waals surface area contributed by atoms with Crippen molar-refractivity contribution < 1.29 is 28.5 Å². The Morgan fingerprint density at radius 2 is 1.12 bits per heavy atom. The molecule has 5 aromatic carbocycles. The second-order valence-electron chi connectivity index (χ2n) is 11.9. The minimum absolute atomic E-state index is 0.129. The highest BCUT2D eigenvalue weighted by Crippen LogP contribution is 2.57. The summed E-state index contributed by atoms with van der Waals surface area (Å²) in [6.45, 7) is 13.7. The highest BCUT2D eigenvalue weighted by molar-refractivity contribution is 5.96. The van der Waals surface area contributed by atoms with E-state index in [0.29, 0.717) is 11.5 Å². The van der Waals surface area contributed by atoms with Gasteiger partial charge in [0.05, 0.1) is 5.41 Å². The maximum Gasteiger partial charge on any atom is 0.330 e. The number of rotatable bonds is 15. The fourth-order valence-electron chi connectivity index (χ4n) is 6.89. The average molecular weight is 668 g/mol. The van der Waals surface area contributed by atoms with Crippen LogP contribution >= 0.6 is 0 Å². The van der Waals surface area contributed by atoms with Gasteiger partial charge in [-0.05, 0) is 107 Å². The Labute approximate surface area is 293 Å². The van der Waals surface area contributed by atoms with Crippen LogP contribution < -0.4 is 14.4 Å². The second-order valence-corrected chi connectivity index (χ2v) is 11.9. The minimum Gasteiger partial charge on any atom is -0.490 e. The Bertz CT molecular complexity index is 1940. The standard InChI is InChI=1S/C43H41NO6/c1-5-41(45)49-25-23-47-35-18-13-32(14-19-35)43(33-15-20-36(21-16-33)48-24-26-50-42(46)6-2)39-28-31-12-10-9-11-30(31)27-38(39)37-22-17-34(29-40(37)43)44(7-3)8-4/h5-6,9-22,27-29H,1-2,7-8,23-26H2,3-4H3. The van der Waals surface area contributed by atoms with Gasteiger partial charge >= 0.3 is 11.9 Å². The molecule has 0 aromatic heterocycles. The van der Waals surface area contributed by atoms with Crippen LogP contribution in [-0.4, -0.2) is 51.5 Å². The maximum absolute atomic E-state index is 11.5. The first kappa shape index (κ1) is 34.1. The van der Waals surface area contributed by atoms with Gasteiger partial charge in [-0.25, -0.2) is 9.59 Å². The molecule has 0 aliphatic heterocycles. The van der Waals surface area contributed by atoms with Gasteiger partial charge in [0, 0.05) is 30.9 Å². The monoisotopic (exact) mass is 667 g/mol. The van der Waals surface area contributed by atoms with Gasteiger partial charge in [-0.3, -0.25) is 0 Å². The fraction of sp³-hybridized carbons (Fsp3) is 0.209. The number of anilines is 1. The first-order valence-corrected chi connectivity index (χ1v) is 16.9. The molecular formula is C43H41NO6. The molecule has 0 radical (unpaired) electrons. The third-order valence-electron chi connectivity index (χ3n) is 9.22. The van der Waals surface area contributed by atoms with Crippen molar-refractivity contribution in [2.45, 2.75) is 19.3 Å². The van der Waals surface area contributed by atoms with E-state index in [2.05, 4.69) is 111 Å². The molecule has 0 fully saturated rings. The molecule has 0 N–H and O–H groups in total.